The molecule has 290 valence electrons. The van der Waals surface area contributed by atoms with Gasteiger partial charge in [-0.1, -0.05) is 41.9 Å². The van der Waals surface area contributed by atoms with E-state index >= 15 is 4.39 Å². The second kappa shape index (κ2) is 17.3. The van der Waals surface area contributed by atoms with Gasteiger partial charge in [-0.3, -0.25) is 14.8 Å². The van der Waals surface area contributed by atoms with Gasteiger partial charge in [0, 0.05) is 44.2 Å². The van der Waals surface area contributed by atoms with E-state index in [9.17, 15) is 22.7 Å². The van der Waals surface area contributed by atoms with E-state index in [2.05, 4.69) is 10.2 Å². The average Bonchev–Trinajstić information content (AvgIpc) is 3.40. The number of likely N-dealkylation sites (tertiary alicyclic amines) is 1. The van der Waals surface area contributed by atoms with E-state index in [-0.39, 0.29) is 30.3 Å². The van der Waals surface area contributed by atoms with E-state index in [0.717, 1.165) is 60.3 Å². The lowest BCUT2D eigenvalue weighted by atomic mass is 9.93. The van der Waals surface area contributed by atoms with Crippen molar-refractivity contribution in [1.29, 1.82) is 0 Å². The molecule has 1 aliphatic carbocycles. The number of carbonyl (C=O) groups is 1. The number of aliphatic hydroxyl groups is 1. The van der Waals surface area contributed by atoms with Crippen molar-refractivity contribution in [2.45, 2.75) is 90.0 Å². The van der Waals surface area contributed by atoms with Crippen molar-refractivity contribution in [3.8, 4) is 28.4 Å². The van der Waals surface area contributed by atoms with Crippen LogP contribution in [0.1, 0.15) is 68.4 Å². The van der Waals surface area contributed by atoms with Crippen LogP contribution in [0.4, 0.5) is 8.78 Å². The smallest absolute Gasteiger partial charge is 0.253 e. The maximum atomic E-state index is 15.9. The molecule has 1 amide bonds. The normalized spacial score (nSPS) is 19.6. The second-order valence-electron chi connectivity index (χ2n) is 14.2. The van der Waals surface area contributed by atoms with E-state index in [0.29, 0.717) is 36.3 Å². The SMILES string of the molecule is CCOc1cc(O[C@@H]2c3cccc(-c4cccc(OCCCN5CCC(C)(F)CC5)c4C)c3C[C@@H]2F)c(Cl)cc1CNC(C(=O)NS(C)(=O)=O)[C@@H](C)O. The Morgan fingerprint density at radius 2 is 1.79 bits per heavy atom. The third-order valence-electron chi connectivity index (χ3n) is 9.83. The third-order valence-corrected chi connectivity index (χ3v) is 10.7. The molecule has 0 aromatic heterocycles. The van der Waals surface area contributed by atoms with Crippen LogP contribution >= 0.6 is 11.6 Å². The highest BCUT2D eigenvalue weighted by atomic mass is 35.5. The maximum absolute atomic E-state index is 15.9. The Morgan fingerprint density at radius 3 is 2.47 bits per heavy atom. The van der Waals surface area contributed by atoms with Gasteiger partial charge in [0.15, 0.2) is 6.10 Å². The topological polar surface area (TPSA) is 126 Å². The molecule has 53 heavy (non-hydrogen) atoms. The summed E-state index contributed by atoms with van der Waals surface area (Å²) in [6.45, 7) is 9.99. The molecule has 4 atom stereocenters. The van der Waals surface area contributed by atoms with E-state index in [4.69, 9.17) is 25.8 Å². The molecule has 0 bridgehead atoms. The number of rotatable bonds is 16. The summed E-state index contributed by atoms with van der Waals surface area (Å²) in [6.07, 6.45) is -0.590. The van der Waals surface area contributed by atoms with Gasteiger partial charge in [-0.05, 0) is 86.9 Å². The number of hydrogen-bond acceptors (Lipinski definition) is 9. The first-order valence-electron chi connectivity index (χ1n) is 18.0. The molecule has 0 saturated carbocycles. The van der Waals surface area contributed by atoms with Gasteiger partial charge in [-0.15, -0.1) is 0 Å². The Kier molecular flexibility index (Phi) is 13.3. The van der Waals surface area contributed by atoms with Crippen molar-refractivity contribution < 1.29 is 41.3 Å². The van der Waals surface area contributed by atoms with Crippen LogP contribution in [0, 0.1) is 6.92 Å². The average molecular weight is 778 g/mol. The predicted octanol–water partition coefficient (Wildman–Crippen LogP) is 6.24. The highest BCUT2D eigenvalue weighted by Gasteiger charge is 2.37. The molecular formula is C39H50ClF2N3O7S. The monoisotopic (exact) mass is 777 g/mol. The fourth-order valence-electron chi connectivity index (χ4n) is 6.94. The maximum Gasteiger partial charge on any atom is 0.253 e. The largest absolute Gasteiger partial charge is 0.493 e. The number of nitrogens with zero attached hydrogens (tertiary/aromatic N) is 1. The van der Waals surface area contributed by atoms with Gasteiger partial charge in [0.25, 0.3) is 5.91 Å². The first kappa shape index (κ1) is 40.7. The predicted molar refractivity (Wildman–Crippen MR) is 202 cm³/mol. The van der Waals surface area contributed by atoms with Crippen molar-refractivity contribution >= 4 is 27.5 Å². The number of nitrogens with one attached hydrogen (secondary N) is 2. The molecule has 10 nitrogen and oxygen atoms in total. The Balaban J connectivity index is 1.30. The van der Waals surface area contributed by atoms with Crippen LogP contribution in [-0.2, 0) is 27.8 Å². The minimum absolute atomic E-state index is 0.00991. The summed E-state index contributed by atoms with van der Waals surface area (Å²) in [5.74, 6) is 0.423. The highest BCUT2D eigenvalue weighted by Crippen LogP contribution is 2.45. The molecule has 1 aliphatic heterocycles. The van der Waals surface area contributed by atoms with Crippen LogP contribution in [0.3, 0.4) is 0 Å². The number of benzene rings is 3. The van der Waals surface area contributed by atoms with Gasteiger partial charge in [-0.25, -0.2) is 17.2 Å². The zero-order chi connectivity index (χ0) is 38.5. The first-order chi connectivity index (χ1) is 25.1. The lowest BCUT2D eigenvalue weighted by molar-refractivity contribution is -0.123. The third kappa shape index (κ3) is 10.4. The summed E-state index contributed by atoms with van der Waals surface area (Å²) in [6, 6.07) is 13.5. The second-order valence-corrected chi connectivity index (χ2v) is 16.3. The van der Waals surface area contributed by atoms with Crippen LogP contribution in [0.2, 0.25) is 5.02 Å². The summed E-state index contributed by atoms with van der Waals surface area (Å²) < 4.78 is 73.5. The van der Waals surface area contributed by atoms with Crippen molar-refractivity contribution in [2.24, 2.45) is 0 Å². The van der Waals surface area contributed by atoms with E-state index in [1.807, 2.05) is 48.0 Å². The number of halogens is 3. The van der Waals surface area contributed by atoms with Crippen LogP contribution in [-0.4, -0.2) is 87.4 Å². The van der Waals surface area contributed by atoms with Gasteiger partial charge in [-0.2, -0.15) is 0 Å². The number of alkyl halides is 2. The molecule has 1 fully saturated rings. The number of sulfonamides is 1. The fourth-order valence-corrected chi connectivity index (χ4v) is 7.66. The van der Waals surface area contributed by atoms with Crippen molar-refractivity contribution in [2.75, 3.05) is 39.1 Å². The van der Waals surface area contributed by atoms with Gasteiger partial charge in [0.1, 0.15) is 35.1 Å². The van der Waals surface area contributed by atoms with Crippen LogP contribution < -0.4 is 24.2 Å². The summed E-state index contributed by atoms with van der Waals surface area (Å²) in [5, 5.41) is 13.2. The van der Waals surface area contributed by atoms with Crippen molar-refractivity contribution in [3.05, 3.63) is 75.8 Å². The van der Waals surface area contributed by atoms with E-state index in [1.165, 1.54) is 6.92 Å². The minimum atomic E-state index is -3.84. The van der Waals surface area contributed by atoms with Crippen LogP contribution in [0.15, 0.2) is 48.5 Å². The number of carbonyl (C=O) groups excluding carboxylic acids is 1. The number of amides is 1. The molecule has 3 N–H and O–H groups in total. The lowest BCUT2D eigenvalue weighted by Gasteiger charge is -2.34. The van der Waals surface area contributed by atoms with Gasteiger partial charge in [0.2, 0.25) is 10.0 Å². The molecule has 1 unspecified atom stereocenters. The molecule has 1 saturated heterocycles. The van der Waals surface area contributed by atoms with Gasteiger partial charge in [0.05, 0.1) is 30.6 Å². The molecule has 14 heteroatoms. The van der Waals surface area contributed by atoms with Crippen molar-refractivity contribution in [1.82, 2.24) is 14.9 Å². The Labute approximate surface area is 316 Å². The molecule has 0 spiro atoms. The first-order valence-corrected chi connectivity index (χ1v) is 20.3. The summed E-state index contributed by atoms with van der Waals surface area (Å²) in [5.41, 5.74) is 3.79. The van der Waals surface area contributed by atoms with Crippen LogP contribution in [0.5, 0.6) is 17.2 Å². The van der Waals surface area contributed by atoms with Crippen molar-refractivity contribution in [3.63, 3.8) is 0 Å². The quantitative estimate of drug-likeness (QED) is 0.145. The van der Waals surface area contributed by atoms with Crippen LogP contribution in [0.25, 0.3) is 11.1 Å². The molecule has 5 rings (SSSR count). The van der Waals surface area contributed by atoms with Gasteiger partial charge < -0.3 is 24.2 Å². The van der Waals surface area contributed by atoms with Gasteiger partial charge >= 0.3 is 0 Å². The Morgan fingerprint density at radius 1 is 1.09 bits per heavy atom. The summed E-state index contributed by atoms with van der Waals surface area (Å²) in [7, 11) is -3.84. The van der Waals surface area contributed by atoms with E-state index < -0.39 is 46.0 Å². The standard InChI is InChI=1S/C39H50ClF2N3O7S/c1-6-50-34-22-35(31(40)20-26(34)23-43-36(25(3)46)38(47)44-53(5,48)49)52-37-29-12-7-11-28(30(29)21-32(37)41)27-10-8-13-33(24(27)2)51-19-9-16-45-17-14-39(4,42)15-18-45/h7-8,10-13,20,22,25,32,36-37,43,46H,6,9,14-19,21,23H2,1-5H3,(H,44,47)/t25-,32+,36?,37-/m1/s1. The molecular weight excluding hydrogens is 728 g/mol. The number of piperidine rings is 1. The van der Waals surface area contributed by atoms with E-state index in [1.54, 1.807) is 26.0 Å². The summed E-state index contributed by atoms with van der Waals surface area (Å²) in [4.78, 5) is 14.8. The minimum Gasteiger partial charge on any atom is -0.493 e. The zero-order valence-corrected chi connectivity index (χ0v) is 32.5. The molecule has 3 aromatic carbocycles. The number of aliphatic hydroxyl groups excluding tert-OH is 1. The number of fused-ring (bicyclic) bond motifs is 1. The highest BCUT2D eigenvalue weighted by molar-refractivity contribution is 7.89. The molecule has 3 aromatic rings. The Hall–Kier alpha value is -3.49. The zero-order valence-electron chi connectivity index (χ0n) is 30.9. The fraction of sp³-hybridized carbons (Fsp3) is 0.513. The molecule has 0 radical (unpaired) electrons. The molecule has 1 heterocycles. The molecule has 2 aliphatic rings. The Bertz CT molecular complexity index is 1870. The lowest BCUT2D eigenvalue weighted by Crippen LogP contribution is -2.51. The summed E-state index contributed by atoms with van der Waals surface area (Å²) >= 11 is 6.68. The number of ether oxygens (including phenoxy) is 3. The number of hydrogen-bond donors (Lipinski definition) is 3.